The maximum Gasteiger partial charge on any atom is 0.229 e. The van der Waals surface area contributed by atoms with Gasteiger partial charge in [0.05, 0.1) is 37.3 Å². The van der Waals surface area contributed by atoms with Crippen molar-refractivity contribution in [3.05, 3.63) is 133 Å². The molecule has 0 saturated carbocycles. The maximum absolute atomic E-state index is 7.76. The van der Waals surface area contributed by atoms with Crippen LogP contribution in [0, 0.1) is 23.7 Å². The number of aromatic nitrogens is 4. The van der Waals surface area contributed by atoms with E-state index in [0.717, 1.165) is 100 Å². The molecule has 6 unspecified atom stereocenters. The molecular weight excluding hydrogens is 821 g/mol. The number of rotatable bonds is 14. The number of fused-ring (bicyclic) bond motifs is 8. The molecule has 7 aromatic rings. The highest BCUT2D eigenvalue weighted by atomic mass is 16.5. The van der Waals surface area contributed by atoms with Gasteiger partial charge in [-0.05, 0) is 117 Å². The van der Waals surface area contributed by atoms with Crippen LogP contribution in [-0.2, 0) is 0 Å². The van der Waals surface area contributed by atoms with Crippen LogP contribution in [-0.4, -0.2) is 82.2 Å². The van der Waals surface area contributed by atoms with Crippen LogP contribution >= 0.6 is 0 Å². The number of hydrogen-bond donors (Lipinski definition) is 0. The van der Waals surface area contributed by atoms with Crippen LogP contribution in [0.15, 0.2) is 122 Å². The first kappa shape index (κ1) is 42.5. The zero-order valence-corrected chi connectivity index (χ0v) is 38.6. The Kier molecular flexibility index (Phi) is 11.8. The van der Waals surface area contributed by atoms with Crippen molar-refractivity contribution in [3.8, 4) is 45.8 Å². The molecule has 6 aliphatic rings. The van der Waals surface area contributed by atoms with Gasteiger partial charge in [-0.2, -0.15) is 9.97 Å². The van der Waals surface area contributed by atoms with Crippen molar-refractivity contribution in [2.45, 2.75) is 76.7 Å². The largest absolute Gasteiger partial charge is 0.497 e. The zero-order chi connectivity index (χ0) is 44.7. The first-order valence-corrected chi connectivity index (χ1v) is 24.2. The summed E-state index contributed by atoms with van der Waals surface area (Å²) in [6.45, 7) is 8.88. The monoisotopic (exact) mass is 880 g/mol. The SMILES string of the molecule is CC[C@H]1CN2CCC1C[C@@H]2C(Oc1nc(-c2ccccc2)nc(OC(c2ccnc3ccc(OC)cc23)[C@H]2CC3CCN2C[C@@H]3CC)c1-c1ccccc1)c1ccnc2ccc(OC)cc12. The van der Waals surface area contributed by atoms with Gasteiger partial charge in [0.15, 0.2) is 5.82 Å². The van der Waals surface area contributed by atoms with Crippen LogP contribution in [0.4, 0.5) is 0 Å². The van der Waals surface area contributed by atoms with Crippen molar-refractivity contribution >= 4 is 21.8 Å². The Balaban J connectivity index is 1.13. The average molecular weight is 881 g/mol. The second-order valence-electron chi connectivity index (χ2n) is 18.9. The van der Waals surface area contributed by atoms with Crippen LogP contribution in [0.5, 0.6) is 23.3 Å². The Morgan fingerprint density at radius 3 is 1.47 bits per heavy atom. The molecule has 6 aliphatic heterocycles. The molecule has 66 heavy (non-hydrogen) atoms. The fourth-order valence-corrected chi connectivity index (χ4v) is 12.1. The summed E-state index contributed by atoms with van der Waals surface area (Å²) in [4.78, 5) is 26.0. The highest BCUT2D eigenvalue weighted by Crippen LogP contribution is 2.50. The summed E-state index contributed by atoms with van der Waals surface area (Å²) in [6.07, 6.45) is 9.90. The first-order chi connectivity index (χ1) is 32.5. The van der Waals surface area contributed by atoms with Gasteiger partial charge in [0.2, 0.25) is 11.8 Å². The number of hydrogen-bond acceptors (Lipinski definition) is 10. The molecule has 4 bridgehead atoms. The third-order valence-corrected chi connectivity index (χ3v) is 15.6. The fourth-order valence-electron chi connectivity index (χ4n) is 12.1. The lowest BCUT2D eigenvalue weighted by molar-refractivity contribution is -0.0510. The molecule has 338 valence electrons. The van der Waals surface area contributed by atoms with Gasteiger partial charge in [0.25, 0.3) is 0 Å². The van der Waals surface area contributed by atoms with E-state index in [1.807, 2.05) is 54.9 Å². The average Bonchev–Trinajstić information content (AvgIpc) is 3.39. The standard InChI is InChI=1S/C56H60N6O4/c1-5-35-33-61-27-23-39(35)29-49(61)52(43-21-25-57-47-19-17-41(63-3)31-45(43)47)65-55-51(37-13-9-7-10-14-37)56(60-54(59-55)38-15-11-8-12-16-38)66-53(50-30-40-24-28-62(50)34-36(40)6-2)44-22-26-58-48-20-18-42(64-4)32-46(44)48/h7-22,25-26,31-32,35-36,39-40,49-50,52-53H,5-6,23-24,27-30,33-34H2,1-4H3/t35-,36-,39?,40?,49+,50+,52?,53?/m0/s1. The molecule has 6 saturated heterocycles. The molecule has 0 radical (unpaired) electrons. The molecule has 10 atom stereocenters. The summed E-state index contributed by atoms with van der Waals surface area (Å²) < 4.78 is 27.2. The van der Waals surface area contributed by atoms with E-state index >= 15 is 0 Å². The lowest BCUT2D eigenvalue weighted by Crippen LogP contribution is -2.56. The van der Waals surface area contributed by atoms with Crippen LogP contribution in [0.2, 0.25) is 0 Å². The second kappa shape index (κ2) is 18.3. The van der Waals surface area contributed by atoms with Crippen molar-refractivity contribution in [2.24, 2.45) is 23.7 Å². The smallest absolute Gasteiger partial charge is 0.229 e. The van der Waals surface area contributed by atoms with Gasteiger partial charge in [-0.1, -0.05) is 87.4 Å². The topological polar surface area (TPSA) is 95.0 Å². The van der Waals surface area contributed by atoms with E-state index in [1.165, 1.54) is 25.7 Å². The minimum absolute atomic E-state index is 0.106. The number of piperidine rings is 6. The Bertz CT molecular complexity index is 2680. The normalized spacial score (nSPS) is 25.4. The van der Waals surface area contributed by atoms with Crippen molar-refractivity contribution in [1.29, 1.82) is 0 Å². The van der Waals surface area contributed by atoms with Crippen molar-refractivity contribution < 1.29 is 18.9 Å². The van der Waals surface area contributed by atoms with E-state index in [1.54, 1.807) is 14.2 Å². The molecule has 10 nitrogen and oxygen atoms in total. The first-order valence-electron chi connectivity index (χ1n) is 24.2. The van der Waals surface area contributed by atoms with E-state index in [9.17, 15) is 0 Å². The Morgan fingerprint density at radius 1 is 0.576 bits per heavy atom. The molecule has 0 amide bonds. The minimum atomic E-state index is -0.393. The second-order valence-corrected chi connectivity index (χ2v) is 18.9. The molecule has 6 fully saturated rings. The number of benzene rings is 4. The third kappa shape index (κ3) is 7.91. The van der Waals surface area contributed by atoms with E-state index in [-0.39, 0.29) is 12.1 Å². The summed E-state index contributed by atoms with van der Waals surface area (Å²) in [5.41, 5.74) is 6.48. The highest BCUT2D eigenvalue weighted by Gasteiger charge is 2.47. The Morgan fingerprint density at radius 2 is 1.05 bits per heavy atom. The van der Waals surface area contributed by atoms with Crippen LogP contribution in [0.3, 0.4) is 0 Å². The van der Waals surface area contributed by atoms with Crippen molar-refractivity contribution in [1.82, 2.24) is 29.7 Å². The maximum atomic E-state index is 7.76. The van der Waals surface area contributed by atoms with Crippen molar-refractivity contribution in [2.75, 3.05) is 40.4 Å². The summed E-state index contributed by atoms with van der Waals surface area (Å²) >= 11 is 0. The van der Waals surface area contributed by atoms with Crippen LogP contribution in [0.1, 0.15) is 75.7 Å². The minimum Gasteiger partial charge on any atom is -0.497 e. The molecule has 9 heterocycles. The lowest BCUT2D eigenvalue weighted by atomic mass is 9.72. The Labute approximate surface area is 388 Å². The van der Waals surface area contributed by atoms with Gasteiger partial charge in [0, 0.05) is 52.9 Å². The van der Waals surface area contributed by atoms with Gasteiger partial charge in [-0.25, -0.2) is 0 Å². The van der Waals surface area contributed by atoms with Crippen LogP contribution < -0.4 is 18.9 Å². The Hall–Kier alpha value is -6.10. The number of pyridine rings is 2. The predicted molar refractivity (Wildman–Crippen MR) is 260 cm³/mol. The van der Waals surface area contributed by atoms with E-state index in [4.69, 9.17) is 38.9 Å². The summed E-state index contributed by atoms with van der Waals surface area (Å²) in [7, 11) is 3.44. The zero-order valence-electron chi connectivity index (χ0n) is 38.6. The molecule has 0 spiro atoms. The molecule has 0 aliphatic carbocycles. The third-order valence-electron chi connectivity index (χ3n) is 15.6. The van der Waals surface area contributed by atoms with Gasteiger partial charge >= 0.3 is 0 Å². The van der Waals surface area contributed by atoms with E-state index in [2.05, 4.69) is 90.4 Å². The molecule has 10 heteroatoms. The summed E-state index contributed by atoms with van der Waals surface area (Å²) in [5, 5.41) is 2.02. The van der Waals surface area contributed by atoms with Gasteiger partial charge in [-0.15, -0.1) is 0 Å². The lowest BCUT2D eigenvalue weighted by Gasteiger charge is -2.52. The van der Waals surface area contributed by atoms with E-state index < -0.39 is 12.2 Å². The number of methoxy groups -OCH3 is 2. The fraction of sp³-hybridized carbons (Fsp3) is 0.393. The highest BCUT2D eigenvalue weighted by molar-refractivity contribution is 5.85. The molecule has 13 rings (SSSR count). The number of nitrogens with zero attached hydrogens (tertiary/aromatic N) is 6. The van der Waals surface area contributed by atoms with E-state index in [0.29, 0.717) is 41.3 Å². The molecular formula is C56H60N6O4. The quantitative estimate of drug-likeness (QED) is 0.105. The van der Waals surface area contributed by atoms with Gasteiger partial charge < -0.3 is 18.9 Å². The summed E-state index contributed by atoms with van der Waals surface area (Å²) in [6, 6.07) is 37.4. The van der Waals surface area contributed by atoms with Gasteiger partial charge in [-0.3, -0.25) is 19.8 Å². The molecule has 3 aromatic heterocycles. The predicted octanol–water partition coefficient (Wildman–Crippen LogP) is 11.4. The summed E-state index contributed by atoms with van der Waals surface area (Å²) in [5.74, 6) is 5.70. The molecule has 0 N–H and O–H groups in total. The van der Waals surface area contributed by atoms with Crippen molar-refractivity contribution in [3.63, 3.8) is 0 Å². The van der Waals surface area contributed by atoms with Crippen LogP contribution in [0.25, 0.3) is 44.3 Å². The number of ether oxygens (including phenoxy) is 4. The van der Waals surface area contributed by atoms with Gasteiger partial charge in [0.1, 0.15) is 29.3 Å². The molecule has 4 aromatic carbocycles.